The molecule has 4 heteroatoms. The van der Waals surface area contributed by atoms with Gasteiger partial charge in [0.2, 0.25) is 0 Å². The van der Waals surface area contributed by atoms with Crippen molar-refractivity contribution in [1.82, 2.24) is 0 Å². The zero-order valence-corrected chi connectivity index (χ0v) is 11.1. The average molecular weight is 234 g/mol. The van der Waals surface area contributed by atoms with Crippen molar-refractivity contribution in [3.05, 3.63) is 0 Å². The van der Waals surface area contributed by atoms with Gasteiger partial charge in [0.15, 0.2) is 0 Å². The molecule has 15 heavy (non-hydrogen) atoms. The van der Waals surface area contributed by atoms with Crippen LogP contribution in [0.4, 0.5) is 0 Å². The molecule has 0 N–H and O–H groups in total. The van der Waals surface area contributed by atoms with E-state index in [4.69, 9.17) is 9.05 Å². The lowest BCUT2D eigenvalue weighted by Gasteiger charge is -2.22. The van der Waals surface area contributed by atoms with E-state index in [1.54, 1.807) is 0 Å². The molecular formula is C11H23O3P. The van der Waals surface area contributed by atoms with Gasteiger partial charge in [0, 0.05) is 0 Å². The zero-order valence-electron chi connectivity index (χ0n) is 10.2. The molecule has 1 saturated carbocycles. The van der Waals surface area contributed by atoms with Crippen LogP contribution in [-0.2, 0) is 13.6 Å². The fourth-order valence-corrected chi connectivity index (χ4v) is 3.75. The molecule has 1 aliphatic carbocycles. The summed E-state index contributed by atoms with van der Waals surface area (Å²) >= 11 is 0. The van der Waals surface area contributed by atoms with E-state index >= 15 is 0 Å². The lowest BCUT2D eigenvalue weighted by molar-refractivity contribution is 0.142. The summed E-state index contributed by atoms with van der Waals surface area (Å²) in [5.74, 6) is 0.768. The predicted octanol–water partition coefficient (Wildman–Crippen LogP) is 3.83. The summed E-state index contributed by atoms with van der Waals surface area (Å²) in [6, 6.07) is 0. The van der Waals surface area contributed by atoms with Gasteiger partial charge in [-0.25, -0.2) is 0 Å². The van der Waals surface area contributed by atoms with Crippen LogP contribution >= 0.6 is 7.60 Å². The Kier molecular flexibility index (Phi) is 4.82. The molecule has 90 valence electrons. The Morgan fingerprint density at radius 2 is 1.60 bits per heavy atom. The standard InChI is InChI=1S/C11H23O3P/c1-9(2)13-15(12,14-10(3)4)8-7-11-5-6-11/h9-11H,5-8H2,1-4H3. The van der Waals surface area contributed by atoms with Gasteiger partial charge in [-0.05, 0) is 40.0 Å². The number of hydrogen-bond acceptors (Lipinski definition) is 3. The highest BCUT2D eigenvalue weighted by molar-refractivity contribution is 7.53. The van der Waals surface area contributed by atoms with Crippen molar-refractivity contribution < 1.29 is 13.6 Å². The third-order valence-electron chi connectivity index (χ3n) is 2.25. The van der Waals surface area contributed by atoms with Crippen LogP contribution in [-0.4, -0.2) is 18.4 Å². The maximum absolute atomic E-state index is 12.3. The smallest absolute Gasteiger partial charge is 0.306 e. The third kappa shape index (κ3) is 5.70. The Morgan fingerprint density at radius 3 is 1.93 bits per heavy atom. The maximum Gasteiger partial charge on any atom is 0.331 e. The summed E-state index contributed by atoms with van der Waals surface area (Å²) < 4.78 is 23.2. The molecule has 0 bridgehead atoms. The van der Waals surface area contributed by atoms with Crippen LogP contribution in [0.5, 0.6) is 0 Å². The van der Waals surface area contributed by atoms with E-state index in [9.17, 15) is 4.57 Å². The SMILES string of the molecule is CC(C)OP(=O)(CCC1CC1)OC(C)C. The van der Waals surface area contributed by atoms with E-state index in [-0.39, 0.29) is 12.2 Å². The van der Waals surface area contributed by atoms with Crippen LogP contribution in [0.2, 0.25) is 0 Å². The molecule has 0 aromatic rings. The van der Waals surface area contributed by atoms with Crippen molar-refractivity contribution >= 4 is 7.60 Å². The molecule has 0 aliphatic heterocycles. The van der Waals surface area contributed by atoms with Gasteiger partial charge in [-0.1, -0.05) is 12.8 Å². The molecule has 1 aliphatic rings. The molecule has 0 aromatic heterocycles. The van der Waals surface area contributed by atoms with Crippen molar-refractivity contribution in [1.29, 1.82) is 0 Å². The first kappa shape index (κ1) is 13.2. The molecular weight excluding hydrogens is 211 g/mol. The van der Waals surface area contributed by atoms with E-state index in [1.807, 2.05) is 27.7 Å². The molecule has 3 nitrogen and oxygen atoms in total. The Labute approximate surface area is 93.1 Å². The van der Waals surface area contributed by atoms with E-state index in [1.165, 1.54) is 12.8 Å². The molecule has 0 aromatic carbocycles. The van der Waals surface area contributed by atoms with Crippen LogP contribution in [0.25, 0.3) is 0 Å². The third-order valence-corrected chi connectivity index (χ3v) is 4.54. The molecule has 0 radical (unpaired) electrons. The topological polar surface area (TPSA) is 35.5 Å². The van der Waals surface area contributed by atoms with Gasteiger partial charge >= 0.3 is 7.60 Å². The summed E-state index contributed by atoms with van der Waals surface area (Å²) in [5, 5.41) is 0. The summed E-state index contributed by atoms with van der Waals surface area (Å²) in [6.45, 7) is 7.59. The minimum absolute atomic E-state index is 0.0335. The Bertz CT molecular complexity index is 220. The van der Waals surface area contributed by atoms with Crippen LogP contribution in [0.15, 0.2) is 0 Å². The van der Waals surface area contributed by atoms with Gasteiger partial charge in [-0.2, -0.15) is 0 Å². The Balaban J connectivity index is 2.44. The monoisotopic (exact) mass is 234 g/mol. The fraction of sp³-hybridized carbons (Fsp3) is 1.00. The molecule has 0 heterocycles. The van der Waals surface area contributed by atoms with Crippen molar-refractivity contribution in [3.8, 4) is 0 Å². The highest BCUT2D eigenvalue weighted by atomic mass is 31.2. The van der Waals surface area contributed by atoms with Crippen molar-refractivity contribution in [3.63, 3.8) is 0 Å². The second kappa shape index (κ2) is 5.47. The largest absolute Gasteiger partial charge is 0.331 e. The first-order valence-corrected chi connectivity index (χ1v) is 7.60. The van der Waals surface area contributed by atoms with Crippen LogP contribution in [0.1, 0.15) is 47.0 Å². The maximum atomic E-state index is 12.3. The number of hydrogen-bond donors (Lipinski definition) is 0. The number of rotatable bonds is 7. The summed E-state index contributed by atoms with van der Waals surface area (Å²) in [7, 11) is -2.85. The molecule has 0 amide bonds. The Morgan fingerprint density at radius 1 is 1.13 bits per heavy atom. The van der Waals surface area contributed by atoms with Crippen LogP contribution in [0, 0.1) is 5.92 Å². The van der Waals surface area contributed by atoms with Gasteiger partial charge in [-0.3, -0.25) is 4.57 Å². The fourth-order valence-electron chi connectivity index (χ4n) is 1.52. The predicted molar refractivity (Wildman–Crippen MR) is 62.3 cm³/mol. The molecule has 0 spiro atoms. The molecule has 0 saturated heterocycles. The second-order valence-corrected chi connectivity index (χ2v) is 6.97. The van der Waals surface area contributed by atoms with Gasteiger partial charge in [0.1, 0.15) is 0 Å². The van der Waals surface area contributed by atoms with Gasteiger partial charge < -0.3 is 9.05 Å². The second-order valence-electron chi connectivity index (χ2n) is 4.87. The zero-order chi connectivity index (χ0) is 11.5. The lowest BCUT2D eigenvalue weighted by Crippen LogP contribution is -2.10. The minimum Gasteiger partial charge on any atom is -0.306 e. The van der Waals surface area contributed by atoms with Crippen LogP contribution < -0.4 is 0 Å². The van der Waals surface area contributed by atoms with Gasteiger partial charge in [0.25, 0.3) is 0 Å². The van der Waals surface area contributed by atoms with Gasteiger partial charge in [-0.15, -0.1) is 0 Å². The van der Waals surface area contributed by atoms with Gasteiger partial charge in [0.05, 0.1) is 18.4 Å². The molecule has 0 atom stereocenters. The van der Waals surface area contributed by atoms with Crippen molar-refractivity contribution in [2.24, 2.45) is 5.92 Å². The van der Waals surface area contributed by atoms with E-state index in [0.717, 1.165) is 12.3 Å². The first-order valence-electron chi connectivity index (χ1n) is 5.87. The van der Waals surface area contributed by atoms with Crippen LogP contribution in [0.3, 0.4) is 0 Å². The molecule has 1 fully saturated rings. The average Bonchev–Trinajstić information content (AvgIpc) is 2.79. The summed E-state index contributed by atoms with van der Waals surface area (Å²) in [6.07, 6.45) is 4.06. The first-order chi connectivity index (χ1) is 6.91. The molecule has 0 unspecified atom stereocenters. The minimum atomic E-state index is -2.85. The highest BCUT2D eigenvalue weighted by Crippen LogP contribution is 2.53. The van der Waals surface area contributed by atoms with Crippen molar-refractivity contribution in [2.45, 2.75) is 59.2 Å². The summed E-state index contributed by atoms with van der Waals surface area (Å²) in [5.41, 5.74) is 0. The summed E-state index contributed by atoms with van der Waals surface area (Å²) in [4.78, 5) is 0. The lowest BCUT2D eigenvalue weighted by atomic mass is 10.3. The normalized spacial score (nSPS) is 17.7. The Hall–Kier alpha value is 0.150. The van der Waals surface area contributed by atoms with E-state index in [2.05, 4.69) is 0 Å². The molecule has 1 rings (SSSR count). The highest BCUT2D eigenvalue weighted by Gasteiger charge is 2.31. The van der Waals surface area contributed by atoms with E-state index < -0.39 is 7.60 Å². The van der Waals surface area contributed by atoms with E-state index in [0.29, 0.717) is 6.16 Å². The van der Waals surface area contributed by atoms with Crippen molar-refractivity contribution in [2.75, 3.05) is 6.16 Å². The quantitative estimate of drug-likeness (QED) is 0.628.